The van der Waals surface area contributed by atoms with Crippen LogP contribution >= 0.6 is 11.8 Å². The van der Waals surface area contributed by atoms with Gasteiger partial charge in [0.15, 0.2) is 0 Å². The Labute approximate surface area is 179 Å². The number of hydrogen-bond donors (Lipinski definition) is 2. The Morgan fingerprint density at radius 2 is 1.80 bits per heavy atom. The zero-order valence-corrected chi connectivity index (χ0v) is 17.7. The molecule has 1 saturated carbocycles. The van der Waals surface area contributed by atoms with E-state index in [0.717, 1.165) is 30.0 Å². The summed E-state index contributed by atoms with van der Waals surface area (Å²) in [6.07, 6.45) is 12.1. The van der Waals surface area contributed by atoms with Gasteiger partial charge in [0, 0.05) is 35.4 Å². The van der Waals surface area contributed by atoms with Gasteiger partial charge in [-0.2, -0.15) is 0 Å². The summed E-state index contributed by atoms with van der Waals surface area (Å²) in [5.41, 5.74) is 0.567. The summed E-state index contributed by atoms with van der Waals surface area (Å²) >= 11 is 1.63. The molecule has 2 atom stereocenters. The number of nitrogens with zero attached hydrogens (tertiary/aromatic N) is 4. The Kier molecular flexibility index (Phi) is 6.18. The Balaban J connectivity index is 1.35. The quantitative estimate of drug-likeness (QED) is 0.559. The predicted molar refractivity (Wildman–Crippen MR) is 119 cm³/mol. The third-order valence-electron chi connectivity index (χ3n) is 5.13. The number of aromatic nitrogens is 4. The van der Waals surface area contributed by atoms with Crippen LogP contribution in [0.1, 0.15) is 19.3 Å². The van der Waals surface area contributed by atoms with Crippen LogP contribution in [0.2, 0.25) is 0 Å². The third kappa shape index (κ3) is 4.73. The Bertz CT molecular complexity index is 1040. The van der Waals surface area contributed by atoms with Crippen LogP contribution in [0.4, 0.5) is 11.8 Å². The smallest absolute Gasteiger partial charge is 0.255 e. The molecule has 0 unspecified atom stereocenters. The first-order valence-electron chi connectivity index (χ1n) is 9.77. The first kappa shape index (κ1) is 20.2. The molecule has 8 nitrogen and oxygen atoms in total. The second-order valence-electron chi connectivity index (χ2n) is 7.12. The van der Waals surface area contributed by atoms with Gasteiger partial charge < -0.3 is 15.4 Å². The van der Waals surface area contributed by atoms with Crippen LogP contribution in [-0.4, -0.2) is 45.0 Å². The normalized spacial score (nSPS) is 18.2. The molecule has 156 valence electrons. The number of nitrogens with one attached hydrogen (secondary N) is 2. The molecule has 3 aromatic heterocycles. The van der Waals surface area contributed by atoms with Gasteiger partial charge in [-0.05, 0) is 43.7 Å². The number of ether oxygens (including phenoxy) is 1. The van der Waals surface area contributed by atoms with Crippen molar-refractivity contribution in [2.24, 2.45) is 0 Å². The summed E-state index contributed by atoms with van der Waals surface area (Å²) in [5.74, 6) is 2.08. The van der Waals surface area contributed by atoms with E-state index in [1.165, 1.54) is 10.6 Å². The van der Waals surface area contributed by atoms with Gasteiger partial charge in [0.05, 0.1) is 25.2 Å². The average Bonchev–Trinajstić information content (AvgIpc) is 3.22. The largest absolute Gasteiger partial charge is 0.495 e. The second-order valence-corrected chi connectivity index (χ2v) is 8.00. The molecule has 1 aliphatic carbocycles. The topological polar surface area (TPSA) is 94.0 Å². The van der Waals surface area contributed by atoms with Gasteiger partial charge in [-0.3, -0.25) is 9.36 Å². The van der Waals surface area contributed by atoms with Crippen molar-refractivity contribution in [2.45, 2.75) is 36.2 Å². The minimum absolute atomic E-state index is 0.129. The molecule has 0 radical (unpaired) electrons. The van der Waals surface area contributed by atoms with Crippen molar-refractivity contribution in [2.75, 3.05) is 24.0 Å². The SMILES string of the molecule is COc1ccc(=O)n(-c2ccc(N[C@@H]3CC[C@H](Nc4ncc(SC)cn4)C3)nc2)c1. The molecule has 0 amide bonds. The maximum Gasteiger partial charge on any atom is 0.255 e. The zero-order valence-electron chi connectivity index (χ0n) is 16.9. The van der Waals surface area contributed by atoms with E-state index in [-0.39, 0.29) is 5.56 Å². The minimum atomic E-state index is -0.129. The minimum Gasteiger partial charge on any atom is -0.495 e. The van der Waals surface area contributed by atoms with Crippen molar-refractivity contribution >= 4 is 23.5 Å². The van der Waals surface area contributed by atoms with Crippen LogP contribution in [0, 0.1) is 0 Å². The van der Waals surface area contributed by atoms with Crippen molar-refractivity contribution in [3.05, 3.63) is 59.4 Å². The summed E-state index contributed by atoms with van der Waals surface area (Å²) in [4.78, 5) is 26.4. The van der Waals surface area contributed by atoms with Crippen molar-refractivity contribution in [1.82, 2.24) is 19.5 Å². The predicted octanol–water partition coefficient (Wildman–Crippen LogP) is 3.20. The summed E-state index contributed by atoms with van der Waals surface area (Å²) in [6.45, 7) is 0. The molecule has 3 aromatic rings. The van der Waals surface area contributed by atoms with E-state index in [1.807, 2.05) is 30.8 Å². The molecule has 0 saturated heterocycles. The van der Waals surface area contributed by atoms with Gasteiger partial charge in [-0.1, -0.05) is 0 Å². The molecule has 30 heavy (non-hydrogen) atoms. The number of thioether (sulfide) groups is 1. The van der Waals surface area contributed by atoms with Gasteiger partial charge in [0.2, 0.25) is 5.95 Å². The van der Waals surface area contributed by atoms with Gasteiger partial charge in [-0.15, -0.1) is 11.8 Å². The maximum absolute atomic E-state index is 12.1. The Hall–Kier alpha value is -3.07. The lowest BCUT2D eigenvalue weighted by Gasteiger charge is -2.15. The first-order valence-corrected chi connectivity index (χ1v) is 11.0. The van der Waals surface area contributed by atoms with Gasteiger partial charge in [-0.25, -0.2) is 15.0 Å². The van der Waals surface area contributed by atoms with E-state index in [1.54, 1.807) is 37.3 Å². The fourth-order valence-electron chi connectivity index (χ4n) is 3.54. The molecule has 1 aliphatic rings. The summed E-state index contributed by atoms with van der Waals surface area (Å²) in [7, 11) is 1.57. The fourth-order valence-corrected chi connectivity index (χ4v) is 3.85. The Morgan fingerprint density at radius 3 is 2.47 bits per heavy atom. The van der Waals surface area contributed by atoms with Crippen LogP contribution in [0.25, 0.3) is 5.69 Å². The van der Waals surface area contributed by atoms with Crippen LogP contribution in [0.5, 0.6) is 5.75 Å². The number of pyridine rings is 2. The first-order chi connectivity index (χ1) is 14.6. The van der Waals surface area contributed by atoms with Crippen LogP contribution in [0.15, 0.2) is 58.7 Å². The highest BCUT2D eigenvalue weighted by Gasteiger charge is 2.25. The molecule has 0 bridgehead atoms. The van der Waals surface area contributed by atoms with Crippen molar-refractivity contribution in [1.29, 1.82) is 0 Å². The van der Waals surface area contributed by atoms with Crippen molar-refractivity contribution in [3.63, 3.8) is 0 Å². The van der Waals surface area contributed by atoms with E-state index in [4.69, 9.17) is 4.74 Å². The van der Waals surface area contributed by atoms with Crippen LogP contribution in [0.3, 0.4) is 0 Å². The molecule has 1 fully saturated rings. The average molecular weight is 425 g/mol. The fraction of sp³-hybridized carbons (Fsp3) is 0.333. The highest BCUT2D eigenvalue weighted by Crippen LogP contribution is 2.25. The molecule has 2 N–H and O–H groups in total. The van der Waals surface area contributed by atoms with Crippen LogP contribution < -0.4 is 20.9 Å². The van der Waals surface area contributed by atoms with E-state index in [0.29, 0.717) is 29.5 Å². The van der Waals surface area contributed by atoms with Crippen molar-refractivity contribution in [3.8, 4) is 11.4 Å². The lowest BCUT2D eigenvalue weighted by atomic mass is 10.2. The lowest BCUT2D eigenvalue weighted by molar-refractivity contribution is 0.411. The third-order valence-corrected chi connectivity index (χ3v) is 5.81. The molecule has 3 heterocycles. The van der Waals surface area contributed by atoms with Gasteiger partial charge >= 0.3 is 0 Å². The summed E-state index contributed by atoms with van der Waals surface area (Å²) in [6, 6.07) is 7.56. The molecule has 0 aromatic carbocycles. The van der Waals surface area contributed by atoms with E-state index in [9.17, 15) is 4.79 Å². The standard InChI is InChI=1S/C21H24N6O2S/c1-29-17-6-8-20(28)27(13-17)16-5-7-19(22-10-16)25-14-3-4-15(9-14)26-21-23-11-18(30-2)12-24-21/h5-8,10-15H,3-4,9H2,1-2H3,(H,22,25)(H,23,24,26)/t14-,15+/m1/s1. The summed E-state index contributed by atoms with van der Waals surface area (Å²) in [5, 5.41) is 6.90. The molecular weight excluding hydrogens is 400 g/mol. The van der Waals surface area contributed by atoms with E-state index in [2.05, 4.69) is 25.6 Å². The second kappa shape index (κ2) is 9.17. The number of anilines is 2. The van der Waals surface area contributed by atoms with Gasteiger partial charge in [0.1, 0.15) is 11.6 Å². The monoisotopic (exact) mass is 424 g/mol. The van der Waals surface area contributed by atoms with Crippen molar-refractivity contribution < 1.29 is 4.74 Å². The molecule has 0 aliphatic heterocycles. The summed E-state index contributed by atoms with van der Waals surface area (Å²) < 4.78 is 6.72. The molecular formula is C21H24N6O2S. The molecule has 4 rings (SSSR count). The highest BCUT2D eigenvalue weighted by molar-refractivity contribution is 7.98. The van der Waals surface area contributed by atoms with E-state index >= 15 is 0 Å². The zero-order chi connectivity index (χ0) is 20.9. The molecule has 0 spiro atoms. The number of hydrogen-bond acceptors (Lipinski definition) is 8. The Morgan fingerprint density at radius 1 is 1.03 bits per heavy atom. The van der Waals surface area contributed by atoms with Crippen LogP contribution in [-0.2, 0) is 0 Å². The number of methoxy groups -OCH3 is 1. The molecule has 9 heteroatoms. The highest BCUT2D eigenvalue weighted by atomic mass is 32.2. The number of rotatable bonds is 7. The van der Waals surface area contributed by atoms with E-state index < -0.39 is 0 Å². The van der Waals surface area contributed by atoms with Gasteiger partial charge in [0.25, 0.3) is 5.56 Å². The lowest BCUT2D eigenvalue weighted by Crippen LogP contribution is -2.22. The maximum atomic E-state index is 12.1.